The van der Waals surface area contributed by atoms with Crippen LogP contribution in [-0.4, -0.2) is 0 Å². The van der Waals surface area contributed by atoms with E-state index in [-0.39, 0.29) is 0 Å². The first kappa shape index (κ1) is 9.96. The summed E-state index contributed by atoms with van der Waals surface area (Å²) in [6.07, 6.45) is 0. The SMILES string of the molecule is IN1Cc2ccccc2Oc2ccccc21. The molecular weight excluding hydrogens is 313 g/mol. The minimum absolute atomic E-state index is 0.869. The molecule has 2 aromatic rings. The second-order valence-corrected chi connectivity index (χ2v) is 4.86. The van der Waals surface area contributed by atoms with Crippen LogP contribution >= 0.6 is 22.9 Å². The molecule has 1 aliphatic heterocycles. The van der Waals surface area contributed by atoms with E-state index < -0.39 is 0 Å². The Bertz CT molecular complexity index is 527. The lowest BCUT2D eigenvalue weighted by atomic mass is 10.2. The van der Waals surface area contributed by atoms with Crippen LogP contribution in [0.1, 0.15) is 5.56 Å². The summed E-state index contributed by atoms with van der Waals surface area (Å²) in [5, 5.41) is 0. The van der Waals surface area contributed by atoms with Crippen LogP contribution in [0.3, 0.4) is 0 Å². The molecule has 0 saturated carbocycles. The van der Waals surface area contributed by atoms with E-state index in [0.29, 0.717) is 0 Å². The molecule has 0 aromatic heterocycles. The van der Waals surface area contributed by atoms with Crippen molar-refractivity contribution in [3.63, 3.8) is 0 Å². The van der Waals surface area contributed by atoms with E-state index in [1.807, 2.05) is 36.4 Å². The molecule has 1 heterocycles. The van der Waals surface area contributed by atoms with Crippen molar-refractivity contribution in [3.05, 3.63) is 54.1 Å². The highest BCUT2D eigenvalue weighted by Crippen LogP contribution is 2.39. The normalized spacial score (nSPS) is 13.4. The number of para-hydroxylation sites is 3. The zero-order valence-corrected chi connectivity index (χ0v) is 10.7. The summed E-state index contributed by atoms with van der Waals surface area (Å²) in [5.41, 5.74) is 2.34. The van der Waals surface area contributed by atoms with Gasteiger partial charge in [0.2, 0.25) is 0 Å². The van der Waals surface area contributed by atoms with Gasteiger partial charge < -0.3 is 7.85 Å². The van der Waals surface area contributed by atoms with Gasteiger partial charge in [-0.2, -0.15) is 0 Å². The largest absolute Gasteiger partial charge is 0.455 e. The maximum atomic E-state index is 5.93. The zero-order valence-electron chi connectivity index (χ0n) is 8.56. The summed E-state index contributed by atoms with van der Waals surface area (Å²) in [6.45, 7) is 0.869. The van der Waals surface area contributed by atoms with Gasteiger partial charge in [-0.05, 0) is 18.2 Å². The van der Waals surface area contributed by atoms with E-state index >= 15 is 0 Å². The van der Waals surface area contributed by atoms with E-state index in [4.69, 9.17) is 4.74 Å². The summed E-state index contributed by atoms with van der Waals surface area (Å²) in [7, 11) is 0. The molecule has 1 aliphatic rings. The van der Waals surface area contributed by atoms with Gasteiger partial charge in [0, 0.05) is 5.56 Å². The maximum Gasteiger partial charge on any atom is 0.151 e. The molecule has 3 heteroatoms. The fourth-order valence-corrected chi connectivity index (χ4v) is 2.60. The van der Waals surface area contributed by atoms with Crippen LogP contribution in [0.5, 0.6) is 11.5 Å². The summed E-state index contributed by atoms with van der Waals surface area (Å²) < 4.78 is 8.11. The van der Waals surface area contributed by atoms with Crippen molar-refractivity contribution >= 4 is 28.6 Å². The molecule has 16 heavy (non-hydrogen) atoms. The lowest BCUT2D eigenvalue weighted by Crippen LogP contribution is -2.06. The van der Waals surface area contributed by atoms with Crippen molar-refractivity contribution in [2.24, 2.45) is 0 Å². The lowest BCUT2D eigenvalue weighted by molar-refractivity contribution is 0.484. The molecule has 0 unspecified atom stereocenters. The Balaban J connectivity index is 2.15. The van der Waals surface area contributed by atoms with Crippen molar-refractivity contribution in [3.8, 4) is 11.5 Å². The third kappa shape index (κ3) is 1.65. The van der Waals surface area contributed by atoms with Crippen LogP contribution in [0.2, 0.25) is 0 Å². The highest BCUT2D eigenvalue weighted by molar-refractivity contribution is 14.1. The third-order valence-corrected chi connectivity index (χ3v) is 3.49. The summed E-state index contributed by atoms with van der Waals surface area (Å²) in [6, 6.07) is 16.3. The molecule has 0 spiro atoms. The number of hydrogen-bond acceptors (Lipinski definition) is 2. The quantitative estimate of drug-likeness (QED) is 0.533. The van der Waals surface area contributed by atoms with Crippen LogP contribution in [0.25, 0.3) is 0 Å². The van der Waals surface area contributed by atoms with Crippen LogP contribution in [-0.2, 0) is 6.54 Å². The fraction of sp³-hybridized carbons (Fsp3) is 0.0769. The van der Waals surface area contributed by atoms with Crippen LogP contribution in [0.4, 0.5) is 5.69 Å². The van der Waals surface area contributed by atoms with Crippen molar-refractivity contribution in [1.29, 1.82) is 0 Å². The van der Waals surface area contributed by atoms with Gasteiger partial charge in [0.05, 0.1) is 35.1 Å². The zero-order chi connectivity index (χ0) is 11.0. The Morgan fingerprint density at radius 3 is 2.50 bits per heavy atom. The minimum atomic E-state index is 0.869. The van der Waals surface area contributed by atoms with Crippen molar-refractivity contribution in [2.75, 3.05) is 3.11 Å². The van der Waals surface area contributed by atoms with E-state index in [0.717, 1.165) is 23.7 Å². The second kappa shape index (κ2) is 3.97. The van der Waals surface area contributed by atoms with Gasteiger partial charge in [-0.1, -0.05) is 30.3 Å². The number of benzene rings is 2. The summed E-state index contributed by atoms with van der Waals surface area (Å²) in [4.78, 5) is 0. The predicted octanol–water partition coefficient (Wildman–Crippen LogP) is 4.15. The maximum absolute atomic E-state index is 5.93. The first-order chi connectivity index (χ1) is 7.84. The van der Waals surface area contributed by atoms with Gasteiger partial charge in [-0.3, -0.25) is 0 Å². The number of halogens is 1. The number of hydrogen-bond donors (Lipinski definition) is 0. The van der Waals surface area contributed by atoms with Crippen molar-refractivity contribution < 1.29 is 4.74 Å². The Hall–Kier alpha value is -1.23. The van der Waals surface area contributed by atoms with Gasteiger partial charge in [0.1, 0.15) is 5.75 Å². The first-order valence-electron chi connectivity index (χ1n) is 5.13. The minimum Gasteiger partial charge on any atom is -0.455 e. The molecule has 0 amide bonds. The molecule has 2 nitrogen and oxygen atoms in total. The lowest BCUT2D eigenvalue weighted by Gasteiger charge is -2.14. The highest BCUT2D eigenvalue weighted by Gasteiger charge is 2.17. The molecule has 0 bridgehead atoms. The van der Waals surface area contributed by atoms with Gasteiger partial charge in [-0.25, -0.2) is 0 Å². The molecule has 3 rings (SSSR count). The average Bonchev–Trinajstić information content (AvgIpc) is 2.45. The van der Waals surface area contributed by atoms with Gasteiger partial charge in [-0.15, -0.1) is 0 Å². The van der Waals surface area contributed by atoms with E-state index in [1.54, 1.807) is 0 Å². The molecular formula is C13H10INO. The Kier molecular flexibility index (Phi) is 2.47. The standard InChI is InChI=1S/C13H10INO/c14-15-9-10-5-1-3-7-12(10)16-13-8-4-2-6-11(13)15/h1-8H,9H2. The molecule has 0 fully saturated rings. The topological polar surface area (TPSA) is 12.5 Å². The van der Waals surface area contributed by atoms with E-state index in [1.165, 1.54) is 5.56 Å². The highest BCUT2D eigenvalue weighted by atomic mass is 127. The molecule has 2 aromatic carbocycles. The molecule has 0 atom stereocenters. The fourth-order valence-electron chi connectivity index (χ4n) is 1.83. The van der Waals surface area contributed by atoms with E-state index in [9.17, 15) is 0 Å². The van der Waals surface area contributed by atoms with Gasteiger partial charge >= 0.3 is 0 Å². The summed E-state index contributed by atoms with van der Waals surface area (Å²) in [5.74, 6) is 1.87. The third-order valence-electron chi connectivity index (χ3n) is 2.63. The molecule has 80 valence electrons. The molecule has 0 radical (unpaired) electrons. The first-order valence-corrected chi connectivity index (χ1v) is 6.09. The second-order valence-electron chi connectivity index (χ2n) is 3.70. The van der Waals surface area contributed by atoms with Crippen LogP contribution in [0, 0.1) is 0 Å². The number of ether oxygens (including phenoxy) is 1. The smallest absolute Gasteiger partial charge is 0.151 e. The van der Waals surface area contributed by atoms with Crippen molar-refractivity contribution in [2.45, 2.75) is 6.54 Å². The average molecular weight is 323 g/mol. The van der Waals surface area contributed by atoms with Gasteiger partial charge in [0.25, 0.3) is 0 Å². The Morgan fingerprint density at radius 1 is 0.938 bits per heavy atom. The van der Waals surface area contributed by atoms with Crippen molar-refractivity contribution in [1.82, 2.24) is 0 Å². The Morgan fingerprint density at radius 2 is 1.62 bits per heavy atom. The summed E-state index contributed by atoms with van der Waals surface area (Å²) >= 11 is 2.32. The number of rotatable bonds is 0. The predicted molar refractivity (Wildman–Crippen MR) is 73.2 cm³/mol. The number of anilines is 1. The Labute approximate surface area is 108 Å². The van der Waals surface area contributed by atoms with Gasteiger partial charge in [0.15, 0.2) is 5.75 Å². The molecule has 0 saturated heterocycles. The monoisotopic (exact) mass is 323 g/mol. The van der Waals surface area contributed by atoms with Crippen LogP contribution in [0.15, 0.2) is 48.5 Å². The van der Waals surface area contributed by atoms with Crippen LogP contribution < -0.4 is 7.85 Å². The van der Waals surface area contributed by atoms with E-state index in [2.05, 4.69) is 38.1 Å². The number of fused-ring (bicyclic) bond motifs is 2. The molecule has 0 aliphatic carbocycles. The molecule has 0 N–H and O–H groups in total. The number of nitrogens with zero attached hydrogens (tertiary/aromatic N) is 1.